The van der Waals surface area contributed by atoms with Crippen molar-refractivity contribution in [2.24, 2.45) is 0 Å². The van der Waals surface area contributed by atoms with E-state index in [1.807, 2.05) is 36.9 Å². The van der Waals surface area contributed by atoms with Crippen LogP contribution in [0.4, 0.5) is 0 Å². The molecule has 3 aromatic rings. The maximum Gasteiger partial charge on any atom is 0.267 e. The van der Waals surface area contributed by atoms with Crippen LogP contribution in [0.3, 0.4) is 0 Å². The van der Waals surface area contributed by atoms with Crippen molar-refractivity contribution in [3.05, 3.63) is 50.1 Å². The molecule has 0 radical (unpaired) electrons. The van der Waals surface area contributed by atoms with Crippen LogP contribution in [0, 0.1) is 20.8 Å². The molecule has 1 aliphatic rings. The summed E-state index contributed by atoms with van der Waals surface area (Å²) in [5.41, 5.74) is 4.04. The van der Waals surface area contributed by atoms with Gasteiger partial charge < -0.3 is 9.64 Å². The lowest BCUT2D eigenvalue weighted by atomic mass is 10.1. The summed E-state index contributed by atoms with van der Waals surface area (Å²) in [7, 11) is 0. The maximum absolute atomic E-state index is 13.7. The van der Waals surface area contributed by atoms with Gasteiger partial charge in [0.15, 0.2) is 5.16 Å². The second-order valence-electron chi connectivity index (χ2n) is 8.17. The number of morpholine rings is 1. The highest BCUT2D eigenvalue weighted by molar-refractivity contribution is 7.99. The fourth-order valence-electron chi connectivity index (χ4n) is 3.90. The van der Waals surface area contributed by atoms with Crippen molar-refractivity contribution in [1.82, 2.24) is 14.5 Å². The fraction of sp³-hybridized carbons (Fsp3) is 0.458. The van der Waals surface area contributed by atoms with E-state index in [0.717, 1.165) is 34.5 Å². The monoisotopic (exact) mass is 471 g/mol. The number of thiophene rings is 1. The van der Waals surface area contributed by atoms with Crippen LogP contribution in [0.5, 0.6) is 0 Å². The van der Waals surface area contributed by atoms with Crippen LogP contribution in [0.15, 0.2) is 28.2 Å². The summed E-state index contributed by atoms with van der Waals surface area (Å²) in [6.07, 6.45) is 1.96. The van der Waals surface area contributed by atoms with Gasteiger partial charge in [-0.15, -0.1) is 11.3 Å². The molecule has 1 amide bonds. The molecule has 0 aliphatic carbocycles. The van der Waals surface area contributed by atoms with Crippen LogP contribution >= 0.6 is 23.1 Å². The average molecular weight is 472 g/mol. The Morgan fingerprint density at radius 3 is 2.62 bits per heavy atom. The number of carbonyl (C=O) groups excluding carboxylic acids is 1. The average Bonchev–Trinajstić information content (AvgIpc) is 3.10. The van der Waals surface area contributed by atoms with Crippen molar-refractivity contribution in [2.45, 2.75) is 45.7 Å². The first kappa shape index (κ1) is 23.0. The van der Waals surface area contributed by atoms with E-state index in [2.05, 4.69) is 13.8 Å². The van der Waals surface area contributed by atoms with Crippen LogP contribution in [-0.4, -0.2) is 52.4 Å². The Labute approximate surface area is 196 Å². The summed E-state index contributed by atoms with van der Waals surface area (Å²) >= 11 is 2.94. The normalized spacial score (nSPS) is 14.3. The molecule has 0 saturated carbocycles. The Morgan fingerprint density at radius 2 is 1.94 bits per heavy atom. The topological polar surface area (TPSA) is 64.4 Å². The number of amides is 1. The minimum absolute atomic E-state index is 0.0494. The first-order chi connectivity index (χ1) is 15.4. The third-order valence-electron chi connectivity index (χ3n) is 5.95. The van der Waals surface area contributed by atoms with Crippen LogP contribution in [0.1, 0.15) is 34.9 Å². The molecule has 0 unspecified atom stereocenters. The Balaban J connectivity index is 1.79. The quantitative estimate of drug-likeness (QED) is 0.397. The van der Waals surface area contributed by atoms with Gasteiger partial charge in [-0.2, -0.15) is 0 Å². The second-order valence-corrected chi connectivity index (χ2v) is 10.2. The number of aromatic nitrogens is 2. The fourth-order valence-corrected chi connectivity index (χ4v) is 6.13. The van der Waals surface area contributed by atoms with Crippen molar-refractivity contribution in [1.29, 1.82) is 0 Å². The van der Waals surface area contributed by atoms with Crippen molar-refractivity contribution in [2.75, 3.05) is 32.1 Å². The number of fused-ring (bicyclic) bond motifs is 1. The van der Waals surface area contributed by atoms with Gasteiger partial charge in [0.2, 0.25) is 5.91 Å². The van der Waals surface area contributed by atoms with E-state index in [1.165, 1.54) is 22.2 Å². The number of hydrogen-bond donors (Lipinski definition) is 0. The van der Waals surface area contributed by atoms with E-state index in [0.29, 0.717) is 36.8 Å². The van der Waals surface area contributed by atoms with Gasteiger partial charge in [-0.3, -0.25) is 14.2 Å². The SMILES string of the molecule is CCCc1sc2nc(SCC(=O)N3CCOCC3)n(-c3ccc(C)c(C)c3)c(=O)c2c1C. The van der Waals surface area contributed by atoms with Gasteiger partial charge in [-0.1, -0.05) is 31.2 Å². The van der Waals surface area contributed by atoms with Crippen LogP contribution in [0.25, 0.3) is 15.9 Å². The lowest BCUT2D eigenvalue weighted by molar-refractivity contribution is -0.132. The first-order valence-electron chi connectivity index (χ1n) is 11.0. The number of aryl methyl sites for hydroxylation is 4. The summed E-state index contributed by atoms with van der Waals surface area (Å²) in [5.74, 6) is 0.294. The van der Waals surface area contributed by atoms with E-state index in [9.17, 15) is 9.59 Å². The summed E-state index contributed by atoms with van der Waals surface area (Å²) in [6, 6.07) is 6.00. The van der Waals surface area contributed by atoms with Gasteiger partial charge in [-0.05, 0) is 56.0 Å². The maximum atomic E-state index is 13.7. The van der Waals surface area contributed by atoms with Crippen molar-refractivity contribution in [3.8, 4) is 5.69 Å². The molecule has 0 spiro atoms. The summed E-state index contributed by atoms with van der Waals surface area (Å²) < 4.78 is 7.03. The van der Waals surface area contributed by atoms with Gasteiger partial charge in [-0.25, -0.2) is 4.98 Å². The highest BCUT2D eigenvalue weighted by Gasteiger charge is 2.22. The summed E-state index contributed by atoms with van der Waals surface area (Å²) in [5, 5.41) is 1.26. The van der Waals surface area contributed by atoms with Gasteiger partial charge in [0.1, 0.15) is 4.83 Å². The van der Waals surface area contributed by atoms with Gasteiger partial charge in [0.05, 0.1) is 30.0 Å². The van der Waals surface area contributed by atoms with E-state index in [-0.39, 0.29) is 17.2 Å². The first-order valence-corrected chi connectivity index (χ1v) is 12.8. The van der Waals surface area contributed by atoms with Gasteiger partial charge >= 0.3 is 0 Å². The molecule has 1 fully saturated rings. The highest BCUT2D eigenvalue weighted by atomic mass is 32.2. The molecule has 0 atom stereocenters. The standard InChI is InChI=1S/C24H29N3O3S2/c1-5-6-19-17(4)21-22(32-19)25-24(31-14-20(28)26-9-11-30-12-10-26)27(23(21)29)18-8-7-15(2)16(3)13-18/h7-8,13H,5-6,9-12,14H2,1-4H3. The minimum atomic E-state index is -0.0596. The van der Waals surface area contributed by atoms with Crippen molar-refractivity contribution >= 4 is 39.2 Å². The molecule has 1 aromatic carbocycles. The highest BCUT2D eigenvalue weighted by Crippen LogP contribution is 2.31. The molecule has 32 heavy (non-hydrogen) atoms. The molecule has 4 rings (SSSR count). The Hall–Kier alpha value is -2.16. The predicted octanol–water partition coefficient (Wildman–Crippen LogP) is 4.28. The molecule has 2 aromatic heterocycles. The smallest absolute Gasteiger partial charge is 0.267 e. The molecule has 1 aliphatic heterocycles. The van der Waals surface area contributed by atoms with Gasteiger partial charge in [0.25, 0.3) is 5.56 Å². The molecular weight excluding hydrogens is 442 g/mol. The summed E-state index contributed by atoms with van der Waals surface area (Å²) in [6.45, 7) is 10.6. The lowest BCUT2D eigenvalue weighted by Crippen LogP contribution is -2.41. The number of ether oxygens (including phenoxy) is 1. The third-order valence-corrected chi connectivity index (χ3v) is 8.12. The number of hydrogen-bond acceptors (Lipinski definition) is 6. The molecule has 0 N–H and O–H groups in total. The second kappa shape index (κ2) is 9.77. The van der Waals surface area contributed by atoms with E-state index in [1.54, 1.807) is 15.9 Å². The zero-order valence-electron chi connectivity index (χ0n) is 19.1. The lowest BCUT2D eigenvalue weighted by Gasteiger charge is -2.26. The number of carbonyl (C=O) groups is 1. The Kier molecular flexibility index (Phi) is 7.02. The number of benzene rings is 1. The Bertz CT molecular complexity index is 1210. The molecule has 6 nitrogen and oxygen atoms in total. The molecular formula is C24H29N3O3S2. The third kappa shape index (κ3) is 4.49. The molecule has 170 valence electrons. The van der Waals surface area contributed by atoms with E-state index in [4.69, 9.17) is 9.72 Å². The zero-order chi connectivity index (χ0) is 22.8. The van der Waals surface area contributed by atoms with E-state index >= 15 is 0 Å². The van der Waals surface area contributed by atoms with Crippen molar-refractivity contribution in [3.63, 3.8) is 0 Å². The van der Waals surface area contributed by atoms with Crippen LogP contribution < -0.4 is 5.56 Å². The molecule has 3 heterocycles. The summed E-state index contributed by atoms with van der Waals surface area (Å²) in [4.78, 5) is 35.2. The van der Waals surface area contributed by atoms with Gasteiger partial charge in [0, 0.05) is 18.0 Å². The number of nitrogens with zero attached hydrogens (tertiary/aromatic N) is 3. The number of thioether (sulfide) groups is 1. The van der Waals surface area contributed by atoms with Crippen LogP contribution in [-0.2, 0) is 16.0 Å². The largest absolute Gasteiger partial charge is 0.378 e. The molecule has 8 heteroatoms. The van der Waals surface area contributed by atoms with E-state index < -0.39 is 0 Å². The minimum Gasteiger partial charge on any atom is -0.378 e. The Morgan fingerprint density at radius 1 is 1.19 bits per heavy atom. The molecule has 0 bridgehead atoms. The van der Waals surface area contributed by atoms with Crippen LogP contribution in [0.2, 0.25) is 0 Å². The predicted molar refractivity (Wildman–Crippen MR) is 132 cm³/mol. The molecule has 1 saturated heterocycles. The number of rotatable bonds is 6. The van der Waals surface area contributed by atoms with Crippen molar-refractivity contribution < 1.29 is 9.53 Å². The zero-order valence-corrected chi connectivity index (χ0v) is 20.7.